The standard InChI is InChI=1S/C13H13N.5C12H12N2/c1-10-8-11(2)14-13(9-10)12-6-4-3-5-7-12;2*1-9-7-10(2)14-12(8-9)11-3-5-13-6-4-11;2*1-9-6-10(2)14-12(7-9)11-4-3-5-13-8-11;1-9-7-10(2)14-12(8-9)11-5-3-4-6-13-11/h3-9H,1-2H3;5*3-8H,1-2H3. The summed E-state index contributed by atoms with van der Waals surface area (Å²) in [6.45, 7) is 24.6. The van der Waals surface area contributed by atoms with Gasteiger partial charge in [0, 0.05) is 118 Å². The third-order valence-electron chi connectivity index (χ3n) is 12.5. The van der Waals surface area contributed by atoms with Crippen LogP contribution in [0.5, 0.6) is 0 Å². The van der Waals surface area contributed by atoms with E-state index >= 15 is 0 Å². The molecule has 84 heavy (non-hydrogen) atoms. The van der Waals surface area contributed by atoms with Crippen LogP contribution in [0.15, 0.2) is 226 Å². The van der Waals surface area contributed by atoms with E-state index in [4.69, 9.17) is 0 Å². The first kappa shape index (κ1) is 61.5. The first-order valence-electron chi connectivity index (χ1n) is 27.8. The molecule has 0 saturated heterocycles. The van der Waals surface area contributed by atoms with Gasteiger partial charge in [-0.2, -0.15) is 0 Å². The average molecular weight is 1100 g/mol. The summed E-state index contributed by atoms with van der Waals surface area (Å²) in [4.78, 5) is 47.2. The third kappa shape index (κ3) is 20.1. The van der Waals surface area contributed by atoms with Crippen molar-refractivity contribution >= 4 is 0 Å². The molecule has 0 aliphatic heterocycles. The SMILES string of the molecule is Cc1cc(C)nc(-c2ccccc2)c1.Cc1cc(C)nc(-c2ccccn2)c1.Cc1cc(C)nc(-c2cccnc2)c1.Cc1cc(C)nc(-c2cccnc2)c1.Cc1cc(C)nc(-c2ccncc2)c1.Cc1cc(C)nc(-c2ccncc2)c1. The van der Waals surface area contributed by atoms with Crippen molar-refractivity contribution in [2.24, 2.45) is 0 Å². The van der Waals surface area contributed by atoms with Crippen LogP contribution in [-0.2, 0) is 0 Å². The molecule has 11 heteroatoms. The summed E-state index contributed by atoms with van der Waals surface area (Å²) in [7, 11) is 0. The Hall–Kier alpha value is -10.1. The molecule has 0 atom stereocenters. The minimum atomic E-state index is 0.930. The highest BCUT2D eigenvalue weighted by Gasteiger charge is 2.05. The second-order valence-corrected chi connectivity index (χ2v) is 20.6. The number of hydrogen-bond donors (Lipinski definition) is 0. The maximum absolute atomic E-state index is 4.50. The molecule has 0 spiro atoms. The lowest BCUT2D eigenvalue weighted by Gasteiger charge is -2.03. The largest absolute Gasteiger partial charge is 0.265 e. The lowest BCUT2D eigenvalue weighted by molar-refractivity contribution is 1.16. The summed E-state index contributed by atoms with van der Waals surface area (Å²) in [6.07, 6.45) is 16.1. The third-order valence-corrected chi connectivity index (χ3v) is 12.5. The van der Waals surface area contributed by atoms with Gasteiger partial charge in [0.25, 0.3) is 0 Å². The molecule has 0 N–H and O–H groups in total. The monoisotopic (exact) mass is 1100 g/mol. The van der Waals surface area contributed by atoms with Crippen molar-refractivity contribution < 1.29 is 0 Å². The molecular weight excluding hydrogens is 1030 g/mol. The van der Waals surface area contributed by atoms with Gasteiger partial charge in [0.05, 0.1) is 39.9 Å². The van der Waals surface area contributed by atoms with Gasteiger partial charge >= 0.3 is 0 Å². The number of benzene rings is 1. The molecule has 0 fully saturated rings. The Labute approximate surface area is 496 Å². The predicted molar refractivity (Wildman–Crippen MR) is 344 cm³/mol. The van der Waals surface area contributed by atoms with Gasteiger partial charge in [0.1, 0.15) is 0 Å². The molecule has 0 unspecified atom stereocenters. The molecular formula is C73H73N11. The van der Waals surface area contributed by atoms with Gasteiger partial charge in [0.15, 0.2) is 0 Å². The van der Waals surface area contributed by atoms with Gasteiger partial charge < -0.3 is 0 Å². The normalized spacial score (nSPS) is 10.1. The Morgan fingerprint density at radius 1 is 0.202 bits per heavy atom. The summed E-state index contributed by atoms with van der Waals surface area (Å²) in [6, 6.07) is 56.8. The molecule has 11 aromatic heterocycles. The Balaban J connectivity index is 0.000000145. The topological polar surface area (TPSA) is 142 Å². The fraction of sp³-hybridized carbons (Fsp3) is 0.164. The Morgan fingerprint density at radius 3 is 0.786 bits per heavy atom. The van der Waals surface area contributed by atoms with E-state index in [0.29, 0.717) is 0 Å². The number of pyridine rings is 11. The maximum Gasteiger partial charge on any atom is 0.0891 e. The first-order valence-corrected chi connectivity index (χ1v) is 27.8. The molecule has 0 saturated carbocycles. The molecule has 1 aromatic carbocycles. The molecule has 0 bridgehead atoms. The van der Waals surface area contributed by atoms with Crippen molar-refractivity contribution in [2.75, 3.05) is 0 Å². The molecule has 420 valence electrons. The zero-order chi connectivity index (χ0) is 59.8. The molecule has 0 aliphatic carbocycles. The van der Waals surface area contributed by atoms with E-state index < -0.39 is 0 Å². The number of aromatic nitrogens is 11. The zero-order valence-electron chi connectivity index (χ0n) is 50.3. The van der Waals surface area contributed by atoms with E-state index in [1.807, 2.05) is 139 Å². The van der Waals surface area contributed by atoms with Crippen LogP contribution in [0, 0.1) is 83.1 Å². The van der Waals surface area contributed by atoms with Crippen molar-refractivity contribution in [3.8, 4) is 67.7 Å². The number of rotatable bonds is 6. The molecule has 11 nitrogen and oxygen atoms in total. The van der Waals surface area contributed by atoms with Gasteiger partial charge in [0.2, 0.25) is 0 Å². The van der Waals surface area contributed by atoms with Crippen LogP contribution in [0.1, 0.15) is 67.5 Å². The number of nitrogens with zero attached hydrogens (tertiary/aromatic N) is 11. The minimum Gasteiger partial charge on any atom is -0.265 e. The number of hydrogen-bond acceptors (Lipinski definition) is 11. The Kier molecular flexibility index (Phi) is 22.8. The van der Waals surface area contributed by atoms with Crippen molar-refractivity contribution in [3.05, 3.63) is 293 Å². The predicted octanol–water partition coefficient (Wildman–Crippen LogP) is 17.2. The molecule has 12 aromatic rings. The molecule has 0 radical (unpaired) electrons. The lowest BCUT2D eigenvalue weighted by Crippen LogP contribution is -1.90. The molecule has 0 aliphatic rings. The lowest BCUT2D eigenvalue weighted by atomic mass is 10.1. The summed E-state index contributed by atoms with van der Waals surface area (Å²) in [5.74, 6) is 0. The summed E-state index contributed by atoms with van der Waals surface area (Å²) < 4.78 is 0. The van der Waals surface area contributed by atoms with Crippen LogP contribution in [0.3, 0.4) is 0 Å². The van der Waals surface area contributed by atoms with Gasteiger partial charge in [-0.05, 0) is 250 Å². The zero-order valence-corrected chi connectivity index (χ0v) is 50.3. The Bertz CT molecular complexity index is 3160. The van der Waals surface area contributed by atoms with Crippen LogP contribution in [0.4, 0.5) is 0 Å². The molecule has 0 amide bonds. The second kappa shape index (κ2) is 31.2. The number of aryl methyl sites for hydroxylation is 12. The summed E-state index contributed by atoms with van der Waals surface area (Å²) in [5, 5.41) is 0. The summed E-state index contributed by atoms with van der Waals surface area (Å²) >= 11 is 0. The Morgan fingerprint density at radius 2 is 0.488 bits per heavy atom. The summed E-state index contributed by atoms with van der Waals surface area (Å²) in [5.41, 5.74) is 26.2. The quantitative estimate of drug-likeness (QED) is 0.157. The fourth-order valence-corrected chi connectivity index (χ4v) is 9.12. The van der Waals surface area contributed by atoms with Crippen LogP contribution in [0.25, 0.3) is 67.7 Å². The van der Waals surface area contributed by atoms with Crippen molar-refractivity contribution in [1.29, 1.82) is 0 Å². The highest BCUT2D eigenvalue weighted by atomic mass is 14.8. The van der Waals surface area contributed by atoms with Crippen molar-refractivity contribution in [3.63, 3.8) is 0 Å². The van der Waals surface area contributed by atoms with Crippen LogP contribution in [0.2, 0.25) is 0 Å². The van der Waals surface area contributed by atoms with E-state index in [1.165, 1.54) is 38.9 Å². The van der Waals surface area contributed by atoms with Crippen molar-refractivity contribution in [1.82, 2.24) is 54.8 Å². The maximum atomic E-state index is 4.50. The van der Waals surface area contributed by atoms with Gasteiger partial charge in [-0.1, -0.05) is 36.4 Å². The van der Waals surface area contributed by atoms with Crippen molar-refractivity contribution in [2.45, 2.75) is 83.1 Å². The van der Waals surface area contributed by atoms with Crippen LogP contribution in [-0.4, -0.2) is 54.8 Å². The van der Waals surface area contributed by atoms with Crippen LogP contribution < -0.4 is 0 Å². The molecule has 11 heterocycles. The van der Waals surface area contributed by atoms with E-state index in [-0.39, 0.29) is 0 Å². The second-order valence-electron chi connectivity index (χ2n) is 20.6. The first-order chi connectivity index (χ1) is 40.5. The smallest absolute Gasteiger partial charge is 0.0891 e. The average Bonchev–Trinajstić information content (AvgIpc) is 3.66. The van der Waals surface area contributed by atoms with Crippen LogP contribution >= 0.6 is 0 Å². The van der Waals surface area contributed by atoms with Gasteiger partial charge in [-0.3, -0.25) is 54.8 Å². The van der Waals surface area contributed by atoms with Gasteiger partial charge in [-0.25, -0.2) is 0 Å². The van der Waals surface area contributed by atoms with E-state index in [1.54, 1.807) is 43.4 Å². The van der Waals surface area contributed by atoms with E-state index in [9.17, 15) is 0 Å². The van der Waals surface area contributed by atoms with Gasteiger partial charge in [-0.15, -0.1) is 0 Å². The van der Waals surface area contributed by atoms with E-state index in [2.05, 4.69) is 181 Å². The molecule has 12 rings (SSSR count). The minimum absolute atomic E-state index is 0.930. The fourth-order valence-electron chi connectivity index (χ4n) is 9.12. The highest BCUT2D eigenvalue weighted by Crippen LogP contribution is 2.22. The van der Waals surface area contributed by atoms with E-state index in [0.717, 1.165) is 96.3 Å². The highest BCUT2D eigenvalue weighted by molar-refractivity contribution is 5.63.